The third-order valence-corrected chi connectivity index (χ3v) is 3.41. The second kappa shape index (κ2) is 7.78. The molecule has 0 saturated heterocycles. The number of primary amides is 1. The molecule has 3 rings (SSSR count). The number of benzene rings is 3. The molecule has 24 heavy (non-hydrogen) atoms. The first-order valence-corrected chi connectivity index (χ1v) is 7.28. The maximum absolute atomic E-state index is 10.8. The Morgan fingerprint density at radius 2 is 1.71 bits per heavy atom. The van der Waals surface area contributed by atoms with Gasteiger partial charge in [-0.1, -0.05) is 42.5 Å². The van der Waals surface area contributed by atoms with Crippen LogP contribution in [0.25, 0.3) is 10.8 Å². The number of phenols is 2. The van der Waals surface area contributed by atoms with E-state index in [1.54, 1.807) is 6.07 Å². The molecule has 0 fully saturated rings. The number of aromatic hydroxyl groups is 2. The molecule has 0 heterocycles. The molecule has 122 valence electrons. The van der Waals surface area contributed by atoms with E-state index >= 15 is 0 Å². The van der Waals surface area contributed by atoms with Gasteiger partial charge < -0.3 is 21.4 Å². The molecule has 0 saturated carbocycles. The fourth-order valence-electron chi connectivity index (χ4n) is 2.26. The summed E-state index contributed by atoms with van der Waals surface area (Å²) in [5, 5.41) is 26.7. The van der Waals surface area contributed by atoms with E-state index in [9.17, 15) is 4.79 Å². The van der Waals surface area contributed by atoms with Crippen LogP contribution in [-0.2, 0) is 11.2 Å². The molecule has 3 aromatic rings. The van der Waals surface area contributed by atoms with E-state index in [1.165, 1.54) is 12.1 Å². The van der Waals surface area contributed by atoms with Crippen LogP contribution in [-0.4, -0.2) is 22.3 Å². The van der Waals surface area contributed by atoms with Gasteiger partial charge in [0.15, 0.2) is 11.5 Å². The molecular weight excluding hydrogens is 304 g/mol. The maximum Gasteiger partial charge on any atom is 0.221 e. The number of carbonyl (C=O) groups excluding carboxylic acids is 1. The largest absolute Gasteiger partial charge is 0.504 e. The fraction of sp³-hybridized carbons (Fsp3) is 0.0526. The summed E-state index contributed by atoms with van der Waals surface area (Å²) in [6.07, 6.45) is 1.40. The van der Waals surface area contributed by atoms with Gasteiger partial charge in [0, 0.05) is 6.21 Å². The Bertz CT molecular complexity index is 870. The lowest BCUT2D eigenvalue weighted by Crippen LogP contribution is -2.13. The van der Waals surface area contributed by atoms with Crippen molar-refractivity contribution in [3.63, 3.8) is 0 Å². The van der Waals surface area contributed by atoms with Crippen molar-refractivity contribution in [1.82, 2.24) is 0 Å². The highest BCUT2D eigenvalue weighted by atomic mass is 16.3. The number of carbonyl (C=O) groups is 1. The number of rotatable bonds is 3. The molecule has 0 spiro atoms. The van der Waals surface area contributed by atoms with E-state index in [-0.39, 0.29) is 17.4 Å². The molecule has 0 aliphatic heterocycles. The zero-order valence-corrected chi connectivity index (χ0v) is 12.9. The molecule has 0 aromatic heterocycles. The van der Waals surface area contributed by atoms with E-state index < -0.39 is 0 Å². The molecule has 0 atom stereocenters. The Morgan fingerprint density at radius 1 is 1.00 bits per heavy atom. The summed E-state index contributed by atoms with van der Waals surface area (Å²) in [6, 6.07) is 18.1. The summed E-state index contributed by atoms with van der Waals surface area (Å²) in [6.45, 7) is 0. The monoisotopic (exact) mass is 322 g/mol. The summed E-state index contributed by atoms with van der Waals surface area (Å²) in [5.41, 5.74) is 6.74. The summed E-state index contributed by atoms with van der Waals surface area (Å²) in [4.78, 5) is 10.8. The third kappa shape index (κ3) is 4.33. The number of nitrogens with one attached hydrogen (secondary N) is 1. The number of nitrogens with two attached hydrogens (primary N) is 1. The Hall–Kier alpha value is -3.34. The summed E-state index contributed by atoms with van der Waals surface area (Å²) in [7, 11) is 0. The van der Waals surface area contributed by atoms with Gasteiger partial charge in [0.1, 0.15) is 0 Å². The van der Waals surface area contributed by atoms with E-state index in [0.717, 1.165) is 22.6 Å². The van der Waals surface area contributed by atoms with Gasteiger partial charge in [-0.3, -0.25) is 4.79 Å². The average molecular weight is 322 g/mol. The van der Waals surface area contributed by atoms with Crippen LogP contribution in [0.3, 0.4) is 0 Å². The minimum absolute atomic E-state index is 0.161. The molecular formula is C19H18N2O3. The lowest BCUT2D eigenvalue weighted by atomic mass is 10.0. The van der Waals surface area contributed by atoms with Gasteiger partial charge in [-0.15, -0.1) is 0 Å². The number of hydrogen-bond donors (Lipinski definition) is 4. The first kappa shape index (κ1) is 17.0. The first-order chi connectivity index (χ1) is 11.5. The van der Waals surface area contributed by atoms with Gasteiger partial charge in [-0.2, -0.15) is 0 Å². The molecule has 5 heteroatoms. The van der Waals surface area contributed by atoms with Crippen molar-refractivity contribution in [3.8, 4) is 11.5 Å². The number of fused-ring (bicyclic) bond motifs is 1. The van der Waals surface area contributed by atoms with Crippen LogP contribution >= 0.6 is 0 Å². The first-order valence-electron chi connectivity index (χ1n) is 7.28. The maximum atomic E-state index is 10.8. The zero-order valence-electron chi connectivity index (χ0n) is 12.9. The Labute approximate surface area is 139 Å². The van der Waals surface area contributed by atoms with E-state index in [2.05, 4.69) is 0 Å². The number of amides is 1. The molecule has 3 aromatic carbocycles. The second-order valence-corrected chi connectivity index (χ2v) is 5.17. The highest BCUT2D eigenvalue weighted by Gasteiger charge is 2.02. The smallest absolute Gasteiger partial charge is 0.221 e. The molecule has 0 radical (unpaired) electrons. The number of hydrogen-bond acceptors (Lipinski definition) is 4. The van der Waals surface area contributed by atoms with E-state index in [1.807, 2.05) is 42.5 Å². The number of phenolic OH excluding ortho intramolecular Hbond substituents is 2. The van der Waals surface area contributed by atoms with Crippen molar-refractivity contribution in [2.24, 2.45) is 5.73 Å². The highest BCUT2D eigenvalue weighted by Crippen LogP contribution is 2.23. The van der Waals surface area contributed by atoms with Crippen LogP contribution in [0.5, 0.6) is 11.5 Å². The minimum Gasteiger partial charge on any atom is -0.504 e. The predicted octanol–water partition coefficient (Wildman–Crippen LogP) is 2.96. The molecule has 5 nitrogen and oxygen atoms in total. The molecule has 0 unspecified atom stereocenters. The van der Waals surface area contributed by atoms with Gasteiger partial charge in [-0.05, 0) is 40.1 Å². The SMILES string of the molecule is N=Cc1ccc(O)c(O)c1.NC(=O)Cc1cccc2ccccc12. The lowest BCUT2D eigenvalue weighted by Gasteiger charge is -2.03. The van der Waals surface area contributed by atoms with Crippen molar-refractivity contribution in [2.75, 3.05) is 0 Å². The van der Waals surface area contributed by atoms with Crippen molar-refractivity contribution in [1.29, 1.82) is 5.41 Å². The van der Waals surface area contributed by atoms with Gasteiger partial charge >= 0.3 is 0 Å². The summed E-state index contributed by atoms with van der Waals surface area (Å²) < 4.78 is 0. The van der Waals surface area contributed by atoms with E-state index in [4.69, 9.17) is 21.4 Å². The van der Waals surface area contributed by atoms with Crippen LogP contribution in [0.2, 0.25) is 0 Å². The van der Waals surface area contributed by atoms with Gasteiger partial charge in [0.2, 0.25) is 5.91 Å². The molecule has 0 bridgehead atoms. The van der Waals surface area contributed by atoms with Gasteiger partial charge in [0.25, 0.3) is 0 Å². The van der Waals surface area contributed by atoms with Crippen LogP contribution in [0.1, 0.15) is 11.1 Å². The van der Waals surface area contributed by atoms with Crippen LogP contribution in [0, 0.1) is 5.41 Å². The molecule has 0 aliphatic rings. The van der Waals surface area contributed by atoms with Gasteiger partial charge in [0.05, 0.1) is 6.42 Å². The standard InChI is InChI=1S/C12H11NO.C7H7NO2/c13-12(14)8-10-6-3-5-9-4-1-2-7-11(9)10;8-4-5-1-2-6(9)7(10)3-5/h1-7H,8H2,(H2,13,14);1-4,8-10H. The Balaban J connectivity index is 0.000000185. The minimum atomic E-state index is -0.290. The molecule has 0 aliphatic carbocycles. The van der Waals surface area contributed by atoms with Crippen molar-refractivity contribution < 1.29 is 15.0 Å². The quantitative estimate of drug-likeness (QED) is 0.440. The topological polar surface area (TPSA) is 107 Å². The highest BCUT2D eigenvalue weighted by molar-refractivity contribution is 5.89. The predicted molar refractivity (Wildman–Crippen MR) is 94.5 cm³/mol. The Morgan fingerprint density at radius 3 is 2.38 bits per heavy atom. The summed E-state index contributed by atoms with van der Waals surface area (Å²) >= 11 is 0. The Kier molecular flexibility index (Phi) is 5.52. The normalized spacial score (nSPS) is 9.83. The van der Waals surface area contributed by atoms with Crippen molar-refractivity contribution in [3.05, 3.63) is 71.8 Å². The fourth-order valence-corrected chi connectivity index (χ4v) is 2.26. The molecule has 1 amide bonds. The van der Waals surface area contributed by atoms with Crippen LogP contribution in [0.15, 0.2) is 60.7 Å². The van der Waals surface area contributed by atoms with Crippen molar-refractivity contribution >= 4 is 22.9 Å². The lowest BCUT2D eigenvalue weighted by molar-refractivity contribution is -0.117. The third-order valence-electron chi connectivity index (χ3n) is 3.41. The summed E-state index contributed by atoms with van der Waals surface area (Å²) in [5.74, 6) is -0.645. The second-order valence-electron chi connectivity index (χ2n) is 5.17. The van der Waals surface area contributed by atoms with Crippen molar-refractivity contribution in [2.45, 2.75) is 6.42 Å². The average Bonchev–Trinajstić information content (AvgIpc) is 2.58. The van der Waals surface area contributed by atoms with Crippen LogP contribution < -0.4 is 5.73 Å². The molecule has 5 N–H and O–H groups in total. The van der Waals surface area contributed by atoms with E-state index in [0.29, 0.717) is 12.0 Å². The van der Waals surface area contributed by atoms with Crippen LogP contribution in [0.4, 0.5) is 0 Å². The zero-order chi connectivity index (χ0) is 17.5. The van der Waals surface area contributed by atoms with Gasteiger partial charge in [-0.25, -0.2) is 0 Å².